The summed E-state index contributed by atoms with van der Waals surface area (Å²) in [6.07, 6.45) is -3.53. The van der Waals surface area contributed by atoms with Crippen LogP contribution in [0, 0.1) is 0 Å². The van der Waals surface area contributed by atoms with E-state index in [-0.39, 0.29) is 21.9 Å². The highest BCUT2D eigenvalue weighted by molar-refractivity contribution is 6.31. The number of aromatic nitrogens is 3. The van der Waals surface area contributed by atoms with E-state index in [0.717, 1.165) is 29.0 Å². The average Bonchev–Trinajstić information content (AvgIpc) is 3.06. The van der Waals surface area contributed by atoms with Crippen LogP contribution in [0.5, 0.6) is 0 Å². The molecular weight excluding hydrogens is 405 g/mol. The van der Waals surface area contributed by atoms with Gasteiger partial charge in [0.25, 0.3) is 5.91 Å². The second-order valence-corrected chi connectivity index (χ2v) is 6.05. The van der Waals surface area contributed by atoms with E-state index in [1.54, 1.807) is 0 Å². The largest absolute Gasteiger partial charge is 0.480 e. The Morgan fingerprint density at radius 2 is 1.96 bits per heavy atom. The fourth-order valence-corrected chi connectivity index (χ4v) is 2.80. The molecule has 0 aliphatic rings. The van der Waals surface area contributed by atoms with E-state index in [0.29, 0.717) is 0 Å². The number of carboxylic acid groups (broad SMARTS) is 1. The number of alkyl halides is 3. The Balaban J connectivity index is 2.18. The molecule has 12 heteroatoms. The summed E-state index contributed by atoms with van der Waals surface area (Å²) >= 11 is 5.79. The lowest BCUT2D eigenvalue weighted by Gasteiger charge is -2.12. The van der Waals surface area contributed by atoms with Crippen LogP contribution in [0.3, 0.4) is 0 Å². The second kappa shape index (κ2) is 7.00. The zero-order valence-corrected chi connectivity index (χ0v) is 14.4. The molecule has 0 unspecified atom stereocenters. The van der Waals surface area contributed by atoms with Gasteiger partial charge >= 0.3 is 12.1 Å². The topological polar surface area (TPSA) is 117 Å². The molecule has 3 rings (SSSR count). The number of nitrogens with one attached hydrogen (secondary N) is 2. The lowest BCUT2D eigenvalue weighted by molar-refractivity contribution is -0.137. The Morgan fingerprint density at radius 3 is 2.61 bits per heavy atom. The van der Waals surface area contributed by atoms with E-state index >= 15 is 0 Å². The van der Waals surface area contributed by atoms with Crippen molar-refractivity contribution < 1.29 is 27.9 Å². The number of amides is 1. The van der Waals surface area contributed by atoms with Gasteiger partial charge in [0.1, 0.15) is 18.4 Å². The molecule has 1 aromatic carbocycles. The number of benzene rings is 1. The number of pyridine rings is 1. The molecule has 0 radical (unpaired) electrons. The first-order chi connectivity index (χ1) is 13.1. The van der Waals surface area contributed by atoms with Gasteiger partial charge in [-0.05, 0) is 18.2 Å². The maximum Gasteiger partial charge on any atom is 0.416 e. The number of hydrogen-bond donors (Lipinski definition) is 3. The maximum atomic E-state index is 13.1. The zero-order valence-electron chi connectivity index (χ0n) is 13.7. The molecule has 2 heterocycles. The van der Waals surface area contributed by atoms with E-state index in [2.05, 4.69) is 10.1 Å². The minimum atomic E-state index is -4.66. The summed E-state index contributed by atoms with van der Waals surface area (Å²) in [6, 6.07) is 3.71. The van der Waals surface area contributed by atoms with Gasteiger partial charge in [-0.3, -0.25) is 19.5 Å². The predicted molar refractivity (Wildman–Crippen MR) is 91.2 cm³/mol. The minimum Gasteiger partial charge on any atom is -0.480 e. The first-order valence-electron chi connectivity index (χ1n) is 7.55. The van der Waals surface area contributed by atoms with Crippen LogP contribution in [0.4, 0.5) is 13.2 Å². The number of carbonyl (C=O) groups excluding carboxylic acids is 1. The first kappa shape index (κ1) is 19.4. The summed E-state index contributed by atoms with van der Waals surface area (Å²) in [4.78, 5) is 39.1. The van der Waals surface area contributed by atoms with Crippen molar-refractivity contribution in [3.63, 3.8) is 0 Å². The number of nitrogens with zero attached hydrogens (tertiary/aromatic N) is 2. The van der Waals surface area contributed by atoms with Crippen LogP contribution in [0.2, 0.25) is 5.02 Å². The third-order valence-electron chi connectivity index (χ3n) is 3.71. The highest BCUT2D eigenvalue weighted by Crippen LogP contribution is 2.34. The number of aliphatic carboxylic acids is 1. The van der Waals surface area contributed by atoms with Gasteiger partial charge in [0, 0.05) is 16.7 Å². The van der Waals surface area contributed by atoms with Crippen molar-refractivity contribution in [2.45, 2.75) is 6.18 Å². The van der Waals surface area contributed by atoms with Crippen LogP contribution in [0.25, 0.3) is 16.9 Å². The Labute approximate surface area is 158 Å². The summed E-state index contributed by atoms with van der Waals surface area (Å²) in [5, 5.41) is 13.1. The van der Waals surface area contributed by atoms with E-state index in [9.17, 15) is 27.6 Å². The van der Waals surface area contributed by atoms with Crippen LogP contribution >= 0.6 is 11.6 Å². The Morgan fingerprint density at radius 1 is 1.25 bits per heavy atom. The maximum absolute atomic E-state index is 13.1. The summed E-state index contributed by atoms with van der Waals surface area (Å²) < 4.78 is 40.3. The smallest absolute Gasteiger partial charge is 0.416 e. The fourth-order valence-electron chi connectivity index (χ4n) is 2.57. The zero-order chi connectivity index (χ0) is 20.6. The van der Waals surface area contributed by atoms with Crippen LogP contribution in [0.15, 0.2) is 35.4 Å². The van der Waals surface area contributed by atoms with E-state index < -0.39 is 41.2 Å². The van der Waals surface area contributed by atoms with Crippen molar-refractivity contribution in [2.24, 2.45) is 0 Å². The fraction of sp³-hybridized carbons (Fsp3) is 0.125. The van der Waals surface area contributed by atoms with Gasteiger partial charge in [-0.25, -0.2) is 9.50 Å². The summed E-state index contributed by atoms with van der Waals surface area (Å²) in [7, 11) is 0. The molecule has 0 aliphatic carbocycles. The highest BCUT2D eigenvalue weighted by Gasteiger charge is 2.31. The summed E-state index contributed by atoms with van der Waals surface area (Å²) in [5.41, 5.74) is -2.55. The van der Waals surface area contributed by atoms with E-state index in [1.165, 1.54) is 6.07 Å². The molecule has 0 spiro atoms. The lowest BCUT2D eigenvalue weighted by Crippen LogP contribution is -2.33. The Bertz CT molecular complexity index is 1150. The number of halogens is 4. The van der Waals surface area contributed by atoms with Crippen LogP contribution in [-0.2, 0) is 11.0 Å². The molecule has 0 aliphatic heterocycles. The monoisotopic (exact) mass is 414 g/mol. The van der Waals surface area contributed by atoms with Crippen molar-refractivity contribution in [1.29, 1.82) is 0 Å². The molecule has 0 bridgehead atoms. The van der Waals surface area contributed by atoms with Gasteiger partial charge in [-0.15, -0.1) is 0 Å². The van der Waals surface area contributed by atoms with E-state index in [1.807, 2.05) is 5.32 Å². The Hall–Kier alpha value is -3.34. The number of aromatic amines is 1. The number of carboxylic acids is 1. The number of carbonyl (C=O) groups is 2. The van der Waals surface area contributed by atoms with Crippen molar-refractivity contribution in [1.82, 2.24) is 19.9 Å². The number of H-pyrrole nitrogens is 1. The predicted octanol–water partition coefficient (Wildman–Crippen LogP) is 2.18. The van der Waals surface area contributed by atoms with Crippen molar-refractivity contribution in [2.75, 3.05) is 6.54 Å². The molecule has 0 fully saturated rings. The Kier molecular flexibility index (Phi) is 4.86. The van der Waals surface area contributed by atoms with Crippen molar-refractivity contribution in [3.8, 4) is 11.3 Å². The highest BCUT2D eigenvalue weighted by atomic mass is 35.5. The van der Waals surface area contributed by atoms with Gasteiger partial charge in [-0.1, -0.05) is 11.6 Å². The molecule has 0 saturated heterocycles. The van der Waals surface area contributed by atoms with Gasteiger partial charge in [-0.2, -0.15) is 13.2 Å². The molecule has 3 N–H and O–H groups in total. The second-order valence-electron chi connectivity index (χ2n) is 5.62. The van der Waals surface area contributed by atoms with Gasteiger partial charge in [0.2, 0.25) is 0 Å². The third-order valence-corrected chi connectivity index (χ3v) is 3.93. The van der Waals surface area contributed by atoms with Crippen LogP contribution in [-0.4, -0.2) is 38.1 Å². The summed E-state index contributed by atoms with van der Waals surface area (Å²) in [5.74, 6) is -2.30. The molecule has 8 nitrogen and oxygen atoms in total. The van der Waals surface area contributed by atoms with E-state index in [4.69, 9.17) is 16.7 Å². The van der Waals surface area contributed by atoms with Gasteiger partial charge in [0.05, 0.1) is 11.3 Å². The quantitative estimate of drug-likeness (QED) is 0.605. The molecular formula is C16H10ClF3N4O4. The average molecular weight is 415 g/mol. The van der Waals surface area contributed by atoms with Crippen molar-refractivity contribution in [3.05, 3.63) is 57.0 Å². The standard InChI is InChI=1S/C16H10ClF3N4O4/c17-9-2-7(1-8(3-9)16(18,19)20)10-4-11(25)13(14-22-6-23-24(10)14)15(28)21-5-12(26)27/h1-4,6H,5H2,(H,21,28)(H,22,23)(H,26,27). The van der Waals surface area contributed by atoms with Gasteiger partial charge in [0.15, 0.2) is 11.1 Å². The number of hydrogen-bond acceptors (Lipinski definition) is 4. The van der Waals surface area contributed by atoms with Crippen LogP contribution < -0.4 is 10.7 Å². The number of fused-ring (bicyclic) bond motifs is 1. The molecule has 2 aromatic heterocycles. The molecule has 3 aromatic rings. The SMILES string of the molecule is O=C(O)CNC(=O)c1c(=O)cc(-c2cc(Cl)cc(C(F)(F)F)c2)n2[nH]cnc12. The molecule has 1 amide bonds. The summed E-state index contributed by atoms with van der Waals surface area (Å²) in [6.45, 7) is -0.722. The first-order valence-corrected chi connectivity index (χ1v) is 7.93. The van der Waals surface area contributed by atoms with Crippen LogP contribution in [0.1, 0.15) is 15.9 Å². The number of rotatable bonds is 4. The molecule has 0 saturated carbocycles. The lowest BCUT2D eigenvalue weighted by atomic mass is 10.1. The normalized spacial score (nSPS) is 11.6. The minimum absolute atomic E-state index is 0.0136. The molecule has 28 heavy (non-hydrogen) atoms. The van der Waals surface area contributed by atoms with Gasteiger partial charge < -0.3 is 10.4 Å². The third kappa shape index (κ3) is 3.69. The molecule has 146 valence electrons. The molecule has 0 atom stereocenters. The van der Waals surface area contributed by atoms with Crippen molar-refractivity contribution >= 4 is 29.1 Å².